The van der Waals surface area contributed by atoms with Crippen LogP contribution in [-0.2, 0) is 16.2 Å². The Balaban J connectivity index is 1.89. The Morgan fingerprint density at radius 2 is 1.80 bits per heavy atom. The Labute approximate surface area is 151 Å². The number of anilines is 1. The summed E-state index contributed by atoms with van der Waals surface area (Å²) in [5, 5.41) is 12.0. The zero-order valence-electron chi connectivity index (χ0n) is 13.7. The number of aliphatic carboxylic acids is 1. The Morgan fingerprint density at radius 3 is 2.56 bits per heavy atom. The van der Waals surface area contributed by atoms with Crippen LogP contribution in [0.2, 0.25) is 5.02 Å². The first-order valence-corrected chi connectivity index (χ1v) is 8.40. The van der Waals surface area contributed by atoms with Gasteiger partial charge in [-0.1, -0.05) is 35.9 Å². The molecule has 1 amide bonds. The molecule has 0 radical (unpaired) electrons. The molecule has 0 bridgehead atoms. The zero-order chi connectivity index (χ0) is 18.1. The van der Waals surface area contributed by atoms with Crippen molar-refractivity contribution in [3.8, 4) is 5.75 Å². The maximum Gasteiger partial charge on any atom is 0.303 e. The normalized spacial score (nSPS) is 10.3. The molecule has 2 aromatic carbocycles. The van der Waals surface area contributed by atoms with Gasteiger partial charge in [-0.2, -0.15) is 0 Å². The molecule has 0 aliphatic heterocycles. The van der Waals surface area contributed by atoms with Crippen LogP contribution in [0.3, 0.4) is 0 Å². The third-order valence-corrected chi connectivity index (χ3v) is 3.72. The average Bonchev–Trinajstić information content (AvgIpc) is 2.58. The lowest BCUT2D eigenvalue weighted by atomic mass is 10.2. The first kappa shape index (κ1) is 18.8. The molecule has 0 fully saturated rings. The number of carbonyl (C=O) groups is 2. The van der Waals surface area contributed by atoms with E-state index in [4.69, 9.17) is 21.4 Å². The molecular formula is C19H20ClNO4. The van der Waals surface area contributed by atoms with Crippen LogP contribution in [-0.4, -0.2) is 17.0 Å². The highest BCUT2D eigenvalue weighted by atomic mass is 35.5. The topological polar surface area (TPSA) is 75.6 Å². The summed E-state index contributed by atoms with van der Waals surface area (Å²) in [5.74, 6) is -0.439. The Hall–Kier alpha value is -2.53. The summed E-state index contributed by atoms with van der Waals surface area (Å²) in [6.45, 7) is 0.339. The number of hydrogen-bond donors (Lipinski definition) is 2. The van der Waals surface area contributed by atoms with Crippen LogP contribution in [0.4, 0.5) is 5.69 Å². The molecule has 5 nitrogen and oxygen atoms in total. The second-order valence-electron chi connectivity index (χ2n) is 5.56. The Morgan fingerprint density at radius 1 is 1.04 bits per heavy atom. The summed E-state index contributed by atoms with van der Waals surface area (Å²) in [7, 11) is 0. The smallest absolute Gasteiger partial charge is 0.303 e. The van der Waals surface area contributed by atoms with Crippen molar-refractivity contribution in [1.29, 1.82) is 0 Å². The van der Waals surface area contributed by atoms with Gasteiger partial charge in [-0.15, -0.1) is 0 Å². The zero-order valence-corrected chi connectivity index (χ0v) is 14.5. The quantitative estimate of drug-likeness (QED) is 0.644. The SMILES string of the molecule is O=C(O)CCCCC(=O)Nc1ccccc1OCc1cccc(Cl)c1. The highest BCUT2D eigenvalue weighted by molar-refractivity contribution is 6.30. The minimum atomic E-state index is -0.847. The van der Waals surface area contributed by atoms with E-state index in [-0.39, 0.29) is 18.7 Å². The first-order chi connectivity index (χ1) is 12.0. The number of nitrogens with one attached hydrogen (secondary N) is 1. The van der Waals surface area contributed by atoms with Gasteiger partial charge in [0.25, 0.3) is 0 Å². The van der Waals surface area contributed by atoms with Gasteiger partial charge in [-0.25, -0.2) is 0 Å². The lowest BCUT2D eigenvalue weighted by Crippen LogP contribution is -2.12. The summed E-state index contributed by atoms with van der Waals surface area (Å²) in [6.07, 6.45) is 1.36. The summed E-state index contributed by atoms with van der Waals surface area (Å²) in [4.78, 5) is 22.5. The molecule has 2 N–H and O–H groups in total. The highest BCUT2D eigenvalue weighted by Crippen LogP contribution is 2.25. The van der Waals surface area contributed by atoms with Gasteiger partial charge >= 0.3 is 5.97 Å². The minimum Gasteiger partial charge on any atom is -0.487 e. The molecule has 132 valence electrons. The monoisotopic (exact) mass is 361 g/mol. The molecule has 6 heteroatoms. The molecule has 0 saturated carbocycles. The highest BCUT2D eigenvalue weighted by Gasteiger charge is 2.08. The maximum absolute atomic E-state index is 12.0. The number of carbonyl (C=O) groups excluding carboxylic acids is 1. The molecule has 0 aromatic heterocycles. The fourth-order valence-corrected chi connectivity index (χ4v) is 2.47. The Bertz CT molecular complexity index is 733. The standard InChI is InChI=1S/C19H20ClNO4/c20-15-7-5-6-14(12-15)13-25-17-9-2-1-8-16(17)21-18(22)10-3-4-11-19(23)24/h1-2,5-9,12H,3-4,10-11,13H2,(H,21,22)(H,23,24). The first-order valence-electron chi connectivity index (χ1n) is 8.02. The molecule has 0 aliphatic carbocycles. The van der Waals surface area contributed by atoms with Crippen molar-refractivity contribution in [2.24, 2.45) is 0 Å². The van der Waals surface area contributed by atoms with Gasteiger partial charge < -0.3 is 15.2 Å². The van der Waals surface area contributed by atoms with E-state index in [1.807, 2.05) is 30.3 Å². The predicted molar refractivity (Wildman–Crippen MR) is 97.0 cm³/mol. The molecular weight excluding hydrogens is 342 g/mol. The van der Waals surface area contributed by atoms with Crippen molar-refractivity contribution in [3.63, 3.8) is 0 Å². The van der Waals surface area contributed by atoms with Crippen LogP contribution >= 0.6 is 11.6 Å². The third kappa shape index (κ3) is 6.85. The van der Waals surface area contributed by atoms with E-state index in [1.54, 1.807) is 18.2 Å². The van der Waals surface area contributed by atoms with Gasteiger partial charge in [-0.3, -0.25) is 9.59 Å². The maximum atomic E-state index is 12.0. The molecule has 0 spiro atoms. The molecule has 0 saturated heterocycles. The van der Waals surface area contributed by atoms with Crippen molar-refractivity contribution in [2.45, 2.75) is 32.3 Å². The van der Waals surface area contributed by atoms with Crippen LogP contribution in [0.25, 0.3) is 0 Å². The van der Waals surface area contributed by atoms with Gasteiger partial charge in [0, 0.05) is 17.9 Å². The fourth-order valence-electron chi connectivity index (χ4n) is 2.26. The molecule has 0 aliphatic rings. The van der Waals surface area contributed by atoms with Crippen molar-refractivity contribution in [2.75, 3.05) is 5.32 Å². The molecule has 2 aromatic rings. The number of ether oxygens (including phenoxy) is 1. The molecule has 0 atom stereocenters. The van der Waals surface area contributed by atoms with Gasteiger partial charge in [-0.05, 0) is 42.7 Å². The summed E-state index contributed by atoms with van der Waals surface area (Å²) < 4.78 is 5.79. The van der Waals surface area contributed by atoms with Gasteiger partial charge in [0.05, 0.1) is 5.69 Å². The van der Waals surface area contributed by atoms with Crippen LogP contribution in [0, 0.1) is 0 Å². The van der Waals surface area contributed by atoms with Crippen LogP contribution in [0.1, 0.15) is 31.2 Å². The van der Waals surface area contributed by atoms with E-state index in [1.165, 1.54) is 0 Å². The number of carboxylic acid groups (broad SMARTS) is 1. The van der Waals surface area contributed by atoms with Crippen LogP contribution in [0.5, 0.6) is 5.75 Å². The van der Waals surface area contributed by atoms with E-state index < -0.39 is 5.97 Å². The number of benzene rings is 2. The van der Waals surface area contributed by atoms with Crippen molar-refractivity contribution < 1.29 is 19.4 Å². The van der Waals surface area contributed by atoms with Crippen molar-refractivity contribution >= 4 is 29.2 Å². The largest absolute Gasteiger partial charge is 0.487 e. The molecule has 25 heavy (non-hydrogen) atoms. The van der Waals surface area contributed by atoms with Gasteiger partial charge in [0.1, 0.15) is 12.4 Å². The van der Waals surface area contributed by atoms with Gasteiger partial charge in [0.2, 0.25) is 5.91 Å². The number of halogens is 1. The molecule has 2 rings (SSSR count). The number of hydrogen-bond acceptors (Lipinski definition) is 3. The fraction of sp³-hybridized carbons (Fsp3) is 0.263. The van der Waals surface area contributed by atoms with Crippen molar-refractivity contribution in [3.05, 3.63) is 59.1 Å². The summed E-state index contributed by atoms with van der Waals surface area (Å²) >= 11 is 5.96. The number of unbranched alkanes of at least 4 members (excludes halogenated alkanes) is 1. The van der Waals surface area contributed by atoms with E-state index in [0.29, 0.717) is 35.9 Å². The second-order valence-corrected chi connectivity index (χ2v) is 6.00. The number of para-hydroxylation sites is 2. The molecule has 0 heterocycles. The summed E-state index contributed by atoms with van der Waals surface area (Å²) in [6, 6.07) is 14.6. The third-order valence-electron chi connectivity index (χ3n) is 3.49. The second kappa shape index (κ2) is 9.69. The van der Waals surface area contributed by atoms with Crippen molar-refractivity contribution in [1.82, 2.24) is 0 Å². The number of rotatable bonds is 9. The minimum absolute atomic E-state index is 0.0760. The van der Waals surface area contributed by atoms with Crippen LogP contribution in [0.15, 0.2) is 48.5 Å². The lowest BCUT2D eigenvalue weighted by molar-refractivity contribution is -0.137. The molecule has 0 unspecified atom stereocenters. The van der Waals surface area contributed by atoms with E-state index in [2.05, 4.69) is 5.32 Å². The number of carboxylic acids is 1. The lowest BCUT2D eigenvalue weighted by Gasteiger charge is -2.12. The van der Waals surface area contributed by atoms with E-state index in [9.17, 15) is 9.59 Å². The average molecular weight is 362 g/mol. The van der Waals surface area contributed by atoms with Gasteiger partial charge in [0.15, 0.2) is 0 Å². The van der Waals surface area contributed by atoms with Crippen LogP contribution < -0.4 is 10.1 Å². The van der Waals surface area contributed by atoms with E-state index >= 15 is 0 Å². The van der Waals surface area contributed by atoms with E-state index in [0.717, 1.165) is 5.56 Å². The Kier molecular flexibility index (Phi) is 7.29. The number of amides is 1. The predicted octanol–water partition coefficient (Wildman–Crippen LogP) is 4.50. The summed E-state index contributed by atoms with van der Waals surface area (Å²) in [5.41, 5.74) is 1.52.